The predicted molar refractivity (Wildman–Crippen MR) is 133 cm³/mol. The Labute approximate surface area is 202 Å². The molecule has 2 aromatic carbocycles. The number of hydrogen-bond acceptors (Lipinski definition) is 8. The third kappa shape index (κ3) is 4.44. The first kappa shape index (κ1) is 24.2. The van der Waals surface area contributed by atoms with Gasteiger partial charge in [0.15, 0.2) is 0 Å². The van der Waals surface area contributed by atoms with Crippen molar-refractivity contribution in [3.05, 3.63) is 68.0 Å². The summed E-state index contributed by atoms with van der Waals surface area (Å²) in [7, 11) is 3.57. The minimum atomic E-state index is -0.773. The number of nitro groups is 1. The number of esters is 1. The molecule has 1 saturated heterocycles. The maximum Gasteiger partial charge on any atom is 0.343 e. The molecule has 0 bridgehead atoms. The highest BCUT2D eigenvalue weighted by Crippen LogP contribution is 2.38. The number of hydrogen-bond donors (Lipinski definition) is 0. The van der Waals surface area contributed by atoms with Crippen LogP contribution in [0.5, 0.6) is 5.75 Å². The first-order chi connectivity index (χ1) is 16.8. The van der Waals surface area contributed by atoms with E-state index in [4.69, 9.17) is 9.47 Å². The van der Waals surface area contributed by atoms with Crippen LogP contribution in [0, 0.1) is 17.0 Å². The second kappa shape index (κ2) is 9.75. The number of likely N-dealkylation sites (N-methyl/N-ethyl adjacent to an activating group) is 1. The Morgan fingerprint density at radius 1 is 1.14 bits per heavy atom. The van der Waals surface area contributed by atoms with Gasteiger partial charge in [0.25, 0.3) is 5.69 Å². The van der Waals surface area contributed by atoms with Crippen molar-refractivity contribution in [2.24, 2.45) is 0 Å². The molecule has 0 aliphatic carbocycles. The maximum absolute atomic E-state index is 13.4. The van der Waals surface area contributed by atoms with Gasteiger partial charge in [-0.15, -0.1) is 0 Å². The molecule has 10 heteroatoms. The highest BCUT2D eigenvalue weighted by atomic mass is 16.6. The van der Waals surface area contributed by atoms with Crippen molar-refractivity contribution in [2.45, 2.75) is 13.8 Å². The number of pyridine rings is 1. The number of ether oxygens (including phenoxy) is 2. The minimum absolute atomic E-state index is 0.0912. The summed E-state index contributed by atoms with van der Waals surface area (Å²) in [6.07, 6.45) is 1.46. The molecule has 1 aromatic heterocycles. The lowest BCUT2D eigenvalue weighted by Crippen LogP contribution is -2.45. The number of carbonyl (C=O) groups excluding carboxylic acids is 1. The fourth-order valence-corrected chi connectivity index (χ4v) is 4.53. The van der Waals surface area contributed by atoms with E-state index in [9.17, 15) is 19.7 Å². The van der Waals surface area contributed by atoms with E-state index >= 15 is 0 Å². The number of fused-ring (bicyclic) bond motifs is 1. The van der Waals surface area contributed by atoms with Gasteiger partial charge in [0.05, 0.1) is 29.5 Å². The van der Waals surface area contributed by atoms with Gasteiger partial charge in [0.1, 0.15) is 17.0 Å². The van der Waals surface area contributed by atoms with Gasteiger partial charge in [-0.25, -0.2) is 4.79 Å². The van der Waals surface area contributed by atoms with Crippen LogP contribution >= 0.6 is 0 Å². The summed E-state index contributed by atoms with van der Waals surface area (Å²) >= 11 is 0. The second-order valence-electron chi connectivity index (χ2n) is 8.47. The number of nitro benzene ring substituents is 1. The zero-order chi connectivity index (χ0) is 25.3. The quantitative estimate of drug-likeness (QED) is 0.301. The molecular weight excluding hydrogens is 452 g/mol. The van der Waals surface area contributed by atoms with Crippen molar-refractivity contribution < 1.29 is 19.2 Å². The van der Waals surface area contributed by atoms with E-state index in [1.165, 1.54) is 12.3 Å². The molecule has 1 aliphatic heterocycles. The summed E-state index contributed by atoms with van der Waals surface area (Å²) in [6, 6.07) is 8.43. The van der Waals surface area contributed by atoms with Crippen molar-refractivity contribution >= 4 is 28.2 Å². The molecule has 0 N–H and O–H groups in total. The van der Waals surface area contributed by atoms with Gasteiger partial charge < -0.3 is 23.8 Å². The zero-order valence-corrected chi connectivity index (χ0v) is 20.2. The van der Waals surface area contributed by atoms with Gasteiger partial charge in [0, 0.05) is 49.7 Å². The van der Waals surface area contributed by atoms with Crippen LogP contribution < -0.4 is 15.1 Å². The Morgan fingerprint density at radius 3 is 2.37 bits per heavy atom. The average molecular weight is 481 g/mol. The second-order valence-corrected chi connectivity index (χ2v) is 8.47. The Kier molecular flexibility index (Phi) is 6.74. The lowest BCUT2D eigenvalue weighted by Gasteiger charge is -2.35. The van der Waals surface area contributed by atoms with Gasteiger partial charge in [-0.3, -0.25) is 14.9 Å². The van der Waals surface area contributed by atoms with Crippen LogP contribution in [-0.2, 0) is 4.74 Å². The summed E-state index contributed by atoms with van der Waals surface area (Å²) < 4.78 is 12.1. The first-order valence-electron chi connectivity index (χ1n) is 11.4. The average Bonchev–Trinajstić information content (AvgIpc) is 2.85. The van der Waals surface area contributed by atoms with Crippen LogP contribution in [0.4, 0.5) is 11.4 Å². The van der Waals surface area contributed by atoms with E-state index in [-0.39, 0.29) is 23.2 Å². The number of methoxy groups -OCH3 is 1. The fourth-order valence-electron chi connectivity index (χ4n) is 4.53. The van der Waals surface area contributed by atoms with Crippen LogP contribution in [0.2, 0.25) is 0 Å². The summed E-state index contributed by atoms with van der Waals surface area (Å²) in [6.45, 7) is 6.31. The number of aryl methyl sites for hydroxylation is 1. The van der Waals surface area contributed by atoms with E-state index in [1.54, 1.807) is 49.8 Å². The molecule has 184 valence electrons. The Hall–Kier alpha value is -3.92. The Bertz CT molecular complexity index is 1340. The van der Waals surface area contributed by atoms with Gasteiger partial charge in [-0.05, 0) is 45.2 Å². The topological polar surface area (TPSA) is 107 Å². The molecule has 0 unspecified atom stereocenters. The maximum atomic E-state index is 13.4. The van der Waals surface area contributed by atoms with Crippen molar-refractivity contribution in [1.29, 1.82) is 0 Å². The molecule has 0 spiro atoms. The number of aromatic nitrogens is 1. The van der Waals surface area contributed by atoms with E-state index in [0.29, 0.717) is 41.3 Å². The molecule has 1 aliphatic rings. The minimum Gasteiger partial charge on any atom is -0.497 e. The van der Waals surface area contributed by atoms with Crippen LogP contribution in [-0.4, -0.2) is 67.3 Å². The SMILES string of the molecule is CCOC(=O)c1cn(-c2ccc(OC)cc2)c2c(C)c(N3CCN(C)CC3)c([N+](=O)[O-])cc2c1=O. The van der Waals surface area contributed by atoms with Crippen LogP contribution in [0.1, 0.15) is 22.8 Å². The van der Waals surface area contributed by atoms with E-state index < -0.39 is 16.3 Å². The number of rotatable bonds is 6. The highest BCUT2D eigenvalue weighted by molar-refractivity contribution is 5.98. The number of piperazine rings is 1. The molecule has 35 heavy (non-hydrogen) atoms. The molecule has 0 atom stereocenters. The van der Waals surface area contributed by atoms with Crippen molar-refractivity contribution in [3.63, 3.8) is 0 Å². The van der Waals surface area contributed by atoms with Crippen molar-refractivity contribution in [2.75, 3.05) is 51.8 Å². The Balaban J connectivity index is 2.07. The molecule has 0 radical (unpaired) electrons. The molecule has 3 aromatic rings. The Morgan fingerprint density at radius 2 is 1.80 bits per heavy atom. The summed E-state index contributed by atoms with van der Waals surface area (Å²) in [5, 5.41) is 12.2. The van der Waals surface area contributed by atoms with Gasteiger partial charge in [0.2, 0.25) is 5.43 Å². The van der Waals surface area contributed by atoms with Crippen molar-refractivity contribution in [1.82, 2.24) is 9.47 Å². The lowest BCUT2D eigenvalue weighted by atomic mass is 10.0. The monoisotopic (exact) mass is 480 g/mol. The fraction of sp³-hybridized carbons (Fsp3) is 0.360. The largest absolute Gasteiger partial charge is 0.497 e. The standard InChI is InChI=1S/C25H28N4O6/c1-5-35-25(31)20-15-28(17-6-8-18(34-4)9-7-17)22-16(2)23(27-12-10-26(3)11-13-27)21(29(32)33)14-19(22)24(20)30/h6-9,14-15H,5,10-13H2,1-4H3. The van der Waals surface area contributed by atoms with E-state index in [1.807, 2.05) is 11.9 Å². The third-order valence-corrected chi connectivity index (χ3v) is 6.34. The van der Waals surface area contributed by atoms with Crippen molar-refractivity contribution in [3.8, 4) is 11.4 Å². The van der Waals surface area contributed by atoms with E-state index in [0.717, 1.165) is 13.1 Å². The number of carbonyl (C=O) groups is 1. The number of nitrogens with zero attached hydrogens (tertiary/aromatic N) is 4. The number of benzene rings is 2. The molecule has 0 saturated carbocycles. The zero-order valence-electron chi connectivity index (χ0n) is 20.2. The van der Waals surface area contributed by atoms with Crippen LogP contribution in [0.25, 0.3) is 16.6 Å². The van der Waals surface area contributed by atoms with Gasteiger partial charge >= 0.3 is 5.97 Å². The van der Waals surface area contributed by atoms with Crippen LogP contribution in [0.3, 0.4) is 0 Å². The lowest BCUT2D eigenvalue weighted by molar-refractivity contribution is -0.384. The summed E-state index contributed by atoms with van der Waals surface area (Å²) in [5.74, 6) is -0.125. The smallest absolute Gasteiger partial charge is 0.343 e. The predicted octanol–water partition coefficient (Wildman–Crippen LogP) is 3.14. The summed E-state index contributed by atoms with van der Waals surface area (Å²) in [5.41, 5.74) is 1.33. The first-order valence-corrected chi connectivity index (χ1v) is 11.4. The molecule has 2 heterocycles. The van der Waals surface area contributed by atoms with Crippen LogP contribution in [0.15, 0.2) is 41.3 Å². The van der Waals surface area contributed by atoms with Gasteiger partial charge in [-0.2, -0.15) is 0 Å². The normalized spacial score (nSPS) is 14.2. The third-order valence-electron chi connectivity index (χ3n) is 6.34. The number of anilines is 1. The van der Waals surface area contributed by atoms with Gasteiger partial charge in [-0.1, -0.05) is 0 Å². The highest BCUT2D eigenvalue weighted by Gasteiger charge is 2.29. The molecule has 0 amide bonds. The molecule has 4 rings (SSSR count). The van der Waals surface area contributed by atoms with E-state index in [2.05, 4.69) is 4.90 Å². The summed E-state index contributed by atoms with van der Waals surface area (Å²) in [4.78, 5) is 41.9. The molecule has 10 nitrogen and oxygen atoms in total. The molecule has 1 fully saturated rings. The molecular formula is C25H28N4O6.